The number of halogens is 1. The second-order valence-corrected chi connectivity index (χ2v) is 10.0. The molecule has 1 saturated heterocycles. The number of carbonyl (C=O) groups is 1. The van der Waals surface area contributed by atoms with Crippen LogP contribution in [0.2, 0.25) is 5.02 Å². The van der Waals surface area contributed by atoms with Gasteiger partial charge in [-0.1, -0.05) is 11.6 Å². The maximum absolute atomic E-state index is 12.8. The van der Waals surface area contributed by atoms with E-state index in [0.717, 1.165) is 4.31 Å². The molecular weight excluding hydrogens is 456 g/mol. The van der Waals surface area contributed by atoms with Crippen molar-refractivity contribution in [3.8, 4) is 5.88 Å². The molecule has 1 unspecified atom stereocenters. The molecule has 2 heterocycles. The van der Waals surface area contributed by atoms with Crippen molar-refractivity contribution in [1.82, 2.24) is 19.2 Å². The summed E-state index contributed by atoms with van der Waals surface area (Å²) in [4.78, 5) is 25.5. The molecule has 1 amide bonds. The predicted molar refractivity (Wildman–Crippen MR) is 123 cm³/mol. The molecule has 0 radical (unpaired) electrons. The van der Waals surface area contributed by atoms with Crippen molar-refractivity contribution in [3.63, 3.8) is 0 Å². The van der Waals surface area contributed by atoms with Crippen molar-refractivity contribution in [3.05, 3.63) is 35.5 Å². The van der Waals surface area contributed by atoms with Gasteiger partial charge in [0.2, 0.25) is 27.8 Å². The fourth-order valence-electron chi connectivity index (χ4n) is 3.30. The van der Waals surface area contributed by atoms with Crippen LogP contribution in [0.3, 0.4) is 0 Å². The molecule has 0 bridgehead atoms. The first-order valence-electron chi connectivity index (χ1n) is 10.0. The minimum absolute atomic E-state index is 0.0541. The fourth-order valence-corrected chi connectivity index (χ4v) is 4.69. The van der Waals surface area contributed by atoms with Gasteiger partial charge in [0, 0.05) is 58.2 Å². The Balaban J connectivity index is 1.63. The summed E-state index contributed by atoms with van der Waals surface area (Å²) < 4.78 is 31.1. The second kappa shape index (κ2) is 9.99. The normalized spacial score (nSPS) is 16.1. The van der Waals surface area contributed by atoms with Crippen LogP contribution in [0.5, 0.6) is 5.88 Å². The largest absolute Gasteiger partial charge is 0.481 e. The minimum Gasteiger partial charge on any atom is -0.481 e. The quantitative estimate of drug-likeness (QED) is 0.633. The third kappa shape index (κ3) is 5.29. The van der Waals surface area contributed by atoms with Crippen molar-refractivity contribution in [1.29, 1.82) is 0 Å². The molecule has 1 aliphatic rings. The first kappa shape index (κ1) is 24.2. The fraction of sp³-hybridized carbons (Fsp3) is 0.450. The zero-order valence-electron chi connectivity index (χ0n) is 18.4. The van der Waals surface area contributed by atoms with E-state index in [4.69, 9.17) is 16.3 Å². The lowest BCUT2D eigenvalue weighted by atomic mass is 10.2. The van der Waals surface area contributed by atoms with E-state index in [0.29, 0.717) is 43.7 Å². The van der Waals surface area contributed by atoms with Crippen LogP contribution in [-0.4, -0.2) is 86.9 Å². The van der Waals surface area contributed by atoms with Crippen LogP contribution in [0.15, 0.2) is 35.4 Å². The van der Waals surface area contributed by atoms with Gasteiger partial charge in [-0.25, -0.2) is 17.7 Å². The Kier molecular flexibility index (Phi) is 7.55. The third-order valence-corrected chi connectivity index (χ3v) is 7.60. The van der Waals surface area contributed by atoms with E-state index in [1.165, 1.54) is 26.2 Å². The van der Waals surface area contributed by atoms with Crippen LogP contribution < -0.4 is 15.0 Å². The Morgan fingerprint density at radius 2 is 1.91 bits per heavy atom. The average Bonchev–Trinajstić information content (AvgIpc) is 2.79. The number of nitrogens with one attached hydrogen (secondary N) is 1. The van der Waals surface area contributed by atoms with Gasteiger partial charge in [0.15, 0.2) is 0 Å². The lowest BCUT2D eigenvalue weighted by Gasteiger charge is -2.37. The van der Waals surface area contributed by atoms with Gasteiger partial charge in [0.05, 0.1) is 18.2 Å². The predicted octanol–water partition coefficient (Wildman–Crippen LogP) is 1.54. The van der Waals surface area contributed by atoms with E-state index in [9.17, 15) is 13.2 Å². The Labute approximate surface area is 193 Å². The van der Waals surface area contributed by atoms with Gasteiger partial charge >= 0.3 is 0 Å². The molecule has 1 aromatic heterocycles. The Morgan fingerprint density at radius 1 is 1.22 bits per heavy atom. The lowest BCUT2D eigenvalue weighted by Crippen LogP contribution is -2.53. The maximum atomic E-state index is 12.8. The highest BCUT2D eigenvalue weighted by Crippen LogP contribution is 2.27. The maximum Gasteiger partial charge on any atom is 0.244 e. The number of benzene rings is 1. The van der Waals surface area contributed by atoms with Crippen molar-refractivity contribution >= 4 is 39.2 Å². The van der Waals surface area contributed by atoms with E-state index in [1.54, 1.807) is 25.4 Å². The summed E-state index contributed by atoms with van der Waals surface area (Å²) in [5, 5.41) is 2.90. The standard InChI is InChI=1S/C20H27ClN6O4S/c1-14(26-9-11-27(12-10-26)20-22-8-7-18(24-20)31-4)19(28)23-15-5-6-16(21)17(13-15)32(29,30)25(2)3/h5-8,13-14H,9-12H2,1-4H3,(H,23,28). The van der Waals surface area contributed by atoms with Crippen LogP contribution in [-0.2, 0) is 14.8 Å². The van der Waals surface area contributed by atoms with E-state index in [2.05, 4.69) is 20.2 Å². The minimum atomic E-state index is -3.73. The number of methoxy groups -OCH3 is 1. The Bertz CT molecular complexity index is 1070. The first-order chi connectivity index (χ1) is 15.1. The smallest absolute Gasteiger partial charge is 0.244 e. The monoisotopic (exact) mass is 482 g/mol. The second-order valence-electron chi connectivity index (χ2n) is 7.52. The van der Waals surface area contributed by atoms with Crippen molar-refractivity contribution < 1.29 is 17.9 Å². The summed E-state index contributed by atoms with van der Waals surface area (Å²) in [6.45, 7) is 4.44. The van der Waals surface area contributed by atoms with Gasteiger partial charge in [-0.2, -0.15) is 4.98 Å². The van der Waals surface area contributed by atoms with Crippen LogP contribution in [0.25, 0.3) is 0 Å². The zero-order valence-corrected chi connectivity index (χ0v) is 20.0. The third-order valence-electron chi connectivity index (χ3n) is 5.31. The summed E-state index contributed by atoms with van der Waals surface area (Å²) in [5.74, 6) is 0.868. The Hall–Kier alpha value is -2.47. The molecule has 32 heavy (non-hydrogen) atoms. The summed E-state index contributed by atoms with van der Waals surface area (Å²) >= 11 is 6.08. The molecule has 3 rings (SSSR count). The summed E-state index contributed by atoms with van der Waals surface area (Å²) in [5.41, 5.74) is 0.370. The van der Waals surface area contributed by atoms with Crippen molar-refractivity contribution in [2.45, 2.75) is 17.9 Å². The number of aromatic nitrogens is 2. The molecule has 12 heteroatoms. The van der Waals surface area contributed by atoms with Crippen molar-refractivity contribution in [2.24, 2.45) is 0 Å². The summed E-state index contributed by atoms with van der Waals surface area (Å²) in [7, 11) is 0.680. The van der Waals surface area contributed by atoms with E-state index < -0.39 is 16.1 Å². The molecule has 10 nitrogen and oxygen atoms in total. The van der Waals surface area contributed by atoms with Crippen LogP contribution in [0, 0.1) is 0 Å². The number of hydrogen-bond donors (Lipinski definition) is 1. The number of sulfonamides is 1. The van der Waals surface area contributed by atoms with Crippen LogP contribution in [0.1, 0.15) is 6.92 Å². The number of ether oxygens (including phenoxy) is 1. The molecular formula is C20H27ClN6O4S. The number of anilines is 2. The van der Waals surface area contributed by atoms with Gasteiger partial charge in [-0.3, -0.25) is 9.69 Å². The van der Waals surface area contributed by atoms with Crippen LogP contribution >= 0.6 is 11.6 Å². The van der Waals surface area contributed by atoms with Gasteiger partial charge in [-0.15, -0.1) is 0 Å². The summed E-state index contributed by atoms with van der Waals surface area (Å²) in [6.07, 6.45) is 1.65. The zero-order chi connectivity index (χ0) is 23.5. The molecule has 2 aromatic rings. The van der Waals surface area contributed by atoms with E-state index in [1.807, 2.05) is 11.8 Å². The molecule has 1 atom stereocenters. The average molecular weight is 483 g/mol. The van der Waals surface area contributed by atoms with Gasteiger partial charge < -0.3 is 15.0 Å². The number of piperazine rings is 1. The summed E-state index contributed by atoms with van der Waals surface area (Å²) in [6, 6.07) is 5.71. The molecule has 0 aliphatic carbocycles. The molecule has 174 valence electrons. The molecule has 1 aromatic carbocycles. The number of hydrogen-bond acceptors (Lipinski definition) is 8. The number of nitrogens with zero attached hydrogens (tertiary/aromatic N) is 5. The highest BCUT2D eigenvalue weighted by atomic mass is 35.5. The van der Waals surface area contributed by atoms with Gasteiger partial charge in [0.1, 0.15) is 4.90 Å². The first-order valence-corrected chi connectivity index (χ1v) is 11.8. The van der Waals surface area contributed by atoms with Crippen LogP contribution in [0.4, 0.5) is 11.6 Å². The Morgan fingerprint density at radius 3 is 2.53 bits per heavy atom. The molecule has 1 N–H and O–H groups in total. The molecule has 1 fully saturated rings. The van der Waals surface area contributed by atoms with Gasteiger partial charge in [0.25, 0.3) is 0 Å². The number of carbonyl (C=O) groups excluding carboxylic acids is 1. The van der Waals surface area contributed by atoms with E-state index >= 15 is 0 Å². The molecule has 0 spiro atoms. The van der Waals surface area contributed by atoms with Gasteiger partial charge in [-0.05, 0) is 25.1 Å². The lowest BCUT2D eigenvalue weighted by molar-refractivity contribution is -0.120. The number of amides is 1. The van der Waals surface area contributed by atoms with E-state index in [-0.39, 0.29) is 15.8 Å². The number of rotatable bonds is 7. The van der Waals surface area contributed by atoms with Crippen molar-refractivity contribution in [2.75, 3.05) is 57.6 Å². The highest BCUT2D eigenvalue weighted by Gasteiger charge is 2.27. The topological polar surface area (TPSA) is 108 Å². The highest BCUT2D eigenvalue weighted by molar-refractivity contribution is 7.89. The molecule has 1 aliphatic heterocycles. The SMILES string of the molecule is COc1ccnc(N2CCN(C(C)C(=O)Nc3ccc(Cl)c(S(=O)(=O)N(C)C)c3)CC2)n1. The molecule has 0 saturated carbocycles.